The smallest absolute Gasteiger partial charge is 0.251 e. The monoisotopic (exact) mass is 443 g/mol. The molecule has 0 radical (unpaired) electrons. The zero-order chi connectivity index (χ0) is 22.2. The lowest BCUT2D eigenvalue weighted by atomic mass is 10.1. The third-order valence-electron chi connectivity index (χ3n) is 6.27. The fourth-order valence-electron chi connectivity index (χ4n) is 4.53. The maximum atomic E-state index is 13.4. The number of hydrogen-bond acceptors (Lipinski definition) is 4. The van der Waals surface area contributed by atoms with Gasteiger partial charge in [0, 0.05) is 31.4 Å². The topological polar surface area (TPSA) is 79.7 Å². The molecule has 1 unspecified atom stereocenters. The molecule has 1 saturated carbocycles. The van der Waals surface area contributed by atoms with E-state index in [9.17, 15) is 18.0 Å². The van der Waals surface area contributed by atoms with Crippen LogP contribution >= 0.6 is 0 Å². The maximum absolute atomic E-state index is 13.4. The first-order chi connectivity index (χ1) is 14.9. The number of carbonyl (C=O) groups excluding carboxylic acids is 1. The van der Waals surface area contributed by atoms with Gasteiger partial charge in [-0.1, -0.05) is 38.1 Å². The van der Waals surface area contributed by atoms with Crippen LogP contribution in [-0.2, 0) is 27.8 Å². The molecule has 1 aromatic heterocycles. The van der Waals surface area contributed by atoms with Gasteiger partial charge in [0.1, 0.15) is 6.54 Å². The van der Waals surface area contributed by atoms with Crippen molar-refractivity contribution in [3.8, 4) is 0 Å². The Morgan fingerprint density at radius 3 is 2.45 bits per heavy atom. The number of nitrogens with zero attached hydrogens (tertiary/aromatic N) is 3. The largest absolute Gasteiger partial charge is 0.331 e. The third-order valence-corrected chi connectivity index (χ3v) is 8.30. The van der Waals surface area contributed by atoms with E-state index in [-0.39, 0.29) is 35.0 Å². The molecule has 2 aromatic rings. The van der Waals surface area contributed by atoms with Gasteiger partial charge in [-0.25, -0.2) is 8.42 Å². The molecule has 4 rings (SSSR count). The van der Waals surface area contributed by atoms with Crippen molar-refractivity contribution < 1.29 is 13.2 Å². The quantitative estimate of drug-likeness (QED) is 0.628. The summed E-state index contributed by atoms with van der Waals surface area (Å²) in [5.74, 6) is -0.135. The highest BCUT2D eigenvalue weighted by molar-refractivity contribution is 7.89. The van der Waals surface area contributed by atoms with Crippen molar-refractivity contribution in [3.05, 3.63) is 64.1 Å². The zero-order valence-corrected chi connectivity index (χ0v) is 18.8. The Morgan fingerprint density at radius 1 is 1.06 bits per heavy atom. The van der Waals surface area contributed by atoms with Gasteiger partial charge in [-0.2, -0.15) is 4.31 Å². The molecule has 0 bridgehead atoms. The van der Waals surface area contributed by atoms with Crippen LogP contribution < -0.4 is 5.56 Å². The van der Waals surface area contributed by atoms with Gasteiger partial charge in [0.15, 0.2) is 0 Å². The number of fused-ring (bicyclic) bond motifs is 1. The summed E-state index contributed by atoms with van der Waals surface area (Å²) in [5, 5.41) is 0. The Hall–Kier alpha value is -2.45. The molecule has 0 aliphatic heterocycles. The number of carbonyl (C=O) groups is 1. The fraction of sp³-hybridized carbons (Fsp3) is 0.478. The fourth-order valence-corrected chi connectivity index (χ4v) is 6.01. The van der Waals surface area contributed by atoms with Gasteiger partial charge >= 0.3 is 0 Å². The van der Waals surface area contributed by atoms with Crippen LogP contribution in [0.4, 0.5) is 0 Å². The van der Waals surface area contributed by atoms with Gasteiger partial charge in [0.2, 0.25) is 15.9 Å². The summed E-state index contributed by atoms with van der Waals surface area (Å²) in [6, 6.07) is 11.0. The van der Waals surface area contributed by atoms with Crippen LogP contribution in [0.25, 0.3) is 0 Å². The van der Waals surface area contributed by atoms with E-state index in [2.05, 4.69) is 12.1 Å². The van der Waals surface area contributed by atoms with Crippen molar-refractivity contribution in [2.75, 3.05) is 13.1 Å². The second kappa shape index (κ2) is 8.59. The van der Waals surface area contributed by atoms with Crippen molar-refractivity contribution >= 4 is 15.9 Å². The molecule has 1 atom stereocenters. The number of aryl methyl sites for hydroxylation is 1. The summed E-state index contributed by atoms with van der Waals surface area (Å²) in [4.78, 5) is 27.8. The van der Waals surface area contributed by atoms with Crippen LogP contribution in [-0.4, -0.2) is 47.2 Å². The number of aromatic nitrogens is 1. The number of sulfonamides is 1. The average molecular weight is 444 g/mol. The molecule has 1 aromatic carbocycles. The number of pyridine rings is 1. The van der Waals surface area contributed by atoms with E-state index in [0.717, 1.165) is 25.7 Å². The average Bonchev–Trinajstić information content (AvgIpc) is 3.50. The minimum Gasteiger partial charge on any atom is -0.331 e. The van der Waals surface area contributed by atoms with E-state index in [1.54, 1.807) is 13.8 Å². The molecule has 2 aliphatic carbocycles. The highest BCUT2D eigenvalue weighted by atomic mass is 32.2. The third kappa shape index (κ3) is 4.19. The summed E-state index contributed by atoms with van der Waals surface area (Å²) in [7, 11) is -3.71. The molecular formula is C23H29N3O4S. The molecule has 7 nitrogen and oxygen atoms in total. The predicted octanol–water partition coefficient (Wildman–Crippen LogP) is 2.56. The van der Waals surface area contributed by atoms with Gasteiger partial charge < -0.3 is 9.47 Å². The Kier molecular flexibility index (Phi) is 6.03. The summed E-state index contributed by atoms with van der Waals surface area (Å²) < 4.78 is 28.3. The van der Waals surface area contributed by atoms with Crippen LogP contribution in [0.5, 0.6) is 0 Å². The Balaban J connectivity index is 1.61. The lowest BCUT2D eigenvalue weighted by Crippen LogP contribution is -2.40. The van der Waals surface area contributed by atoms with Gasteiger partial charge in [-0.15, -0.1) is 0 Å². The van der Waals surface area contributed by atoms with E-state index in [0.29, 0.717) is 13.1 Å². The standard InChI is InChI=1S/C23H29N3O4S/c1-3-25(4-2)31(29,30)19-12-14-22(27)24(15-19)16-23(28)26(18-10-11-18)21-13-9-17-7-5-6-8-20(17)21/h5-8,12,14-15,18,21H,3-4,9-11,13,16H2,1-2H3. The summed E-state index contributed by atoms with van der Waals surface area (Å²) >= 11 is 0. The molecule has 1 amide bonds. The van der Waals surface area contributed by atoms with Gasteiger partial charge in [-0.3, -0.25) is 9.59 Å². The minimum absolute atomic E-state index is 0.0227. The molecule has 1 heterocycles. The first-order valence-electron chi connectivity index (χ1n) is 11.0. The second-order valence-corrected chi connectivity index (χ2v) is 10.1. The SMILES string of the molecule is CCN(CC)S(=O)(=O)c1ccc(=O)n(CC(=O)N(C2CC2)C2CCc3ccccc32)c1. The lowest BCUT2D eigenvalue weighted by molar-refractivity contribution is -0.135. The highest BCUT2D eigenvalue weighted by Crippen LogP contribution is 2.41. The van der Waals surface area contributed by atoms with Crippen LogP contribution in [0.1, 0.15) is 50.3 Å². The van der Waals surface area contributed by atoms with E-state index in [4.69, 9.17) is 0 Å². The van der Waals surface area contributed by atoms with E-state index in [1.165, 1.54) is 38.3 Å². The van der Waals surface area contributed by atoms with Crippen LogP contribution in [0, 0.1) is 0 Å². The summed E-state index contributed by atoms with van der Waals surface area (Å²) in [6.07, 6.45) is 5.06. The summed E-state index contributed by atoms with van der Waals surface area (Å²) in [5.41, 5.74) is 2.08. The van der Waals surface area contributed by atoms with E-state index >= 15 is 0 Å². The first-order valence-corrected chi connectivity index (χ1v) is 12.4. The Labute approximate surface area is 183 Å². The molecule has 8 heteroatoms. The molecule has 31 heavy (non-hydrogen) atoms. The molecule has 0 spiro atoms. The highest BCUT2D eigenvalue weighted by Gasteiger charge is 2.40. The van der Waals surface area contributed by atoms with Gasteiger partial charge in [0.05, 0.1) is 10.9 Å². The number of benzene rings is 1. The second-order valence-electron chi connectivity index (χ2n) is 8.21. The molecule has 166 valence electrons. The number of amides is 1. The predicted molar refractivity (Wildman–Crippen MR) is 118 cm³/mol. The first kappa shape index (κ1) is 21.8. The minimum atomic E-state index is -3.71. The molecular weight excluding hydrogens is 414 g/mol. The Bertz CT molecular complexity index is 1130. The van der Waals surface area contributed by atoms with Crippen molar-refractivity contribution in [1.29, 1.82) is 0 Å². The number of hydrogen-bond donors (Lipinski definition) is 0. The van der Waals surface area contributed by atoms with Gasteiger partial charge in [-0.05, 0) is 42.9 Å². The molecule has 0 N–H and O–H groups in total. The van der Waals surface area contributed by atoms with Crippen molar-refractivity contribution in [1.82, 2.24) is 13.8 Å². The van der Waals surface area contributed by atoms with Crippen LogP contribution in [0.3, 0.4) is 0 Å². The van der Waals surface area contributed by atoms with Crippen LogP contribution in [0.2, 0.25) is 0 Å². The van der Waals surface area contributed by atoms with Crippen molar-refractivity contribution in [3.63, 3.8) is 0 Å². The molecule has 0 saturated heterocycles. The normalized spacial score (nSPS) is 18.2. The van der Waals surface area contributed by atoms with Gasteiger partial charge in [0.25, 0.3) is 5.56 Å². The Morgan fingerprint density at radius 2 is 1.77 bits per heavy atom. The molecule has 1 fully saturated rings. The van der Waals surface area contributed by atoms with E-state index < -0.39 is 10.0 Å². The van der Waals surface area contributed by atoms with E-state index in [1.807, 2.05) is 17.0 Å². The zero-order valence-electron chi connectivity index (χ0n) is 18.0. The molecule has 2 aliphatic rings. The maximum Gasteiger partial charge on any atom is 0.251 e. The van der Waals surface area contributed by atoms with Crippen molar-refractivity contribution in [2.24, 2.45) is 0 Å². The van der Waals surface area contributed by atoms with Crippen LogP contribution in [0.15, 0.2) is 52.3 Å². The number of rotatable bonds is 8. The lowest BCUT2D eigenvalue weighted by Gasteiger charge is -2.30. The summed E-state index contributed by atoms with van der Waals surface area (Å²) in [6.45, 7) is 4.07. The van der Waals surface area contributed by atoms with Crippen molar-refractivity contribution in [2.45, 2.75) is 63.1 Å².